The molecule has 0 saturated heterocycles. The van der Waals surface area contributed by atoms with Crippen LogP contribution < -0.4 is 0 Å². The molecule has 0 radical (unpaired) electrons. The Hall–Kier alpha value is -2.04. The number of nitrogens with zero attached hydrogens (tertiary/aromatic N) is 1. The third-order valence-electron chi connectivity index (χ3n) is 3.44. The smallest absolute Gasteiger partial charge is 0.326 e. The lowest BCUT2D eigenvalue weighted by Crippen LogP contribution is -2.42. The molecule has 0 aromatic heterocycles. The van der Waals surface area contributed by atoms with Crippen molar-refractivity contribution in [2.24, 2.45) is 0 Å². The van der Waals surface area contributed by atoms with E-state index in [0.29, 0.717) is 5.02 Å². The van der Waals surface area contributed by atoms with E-state index >= 15 is 0 Å². The van der Waals surface area contributed by atoms with Gasteiger partial charge in [-0.05, 0) is 30.7 Å². The standard InChI is InChI=1S/C17H15Cl2NO3/c1-11(17(22)23)20(10-12-5-3-2-4-6-12)16(21)14-8-7-13(18)9-15(14)19/h2-9,11H,10H2,1H3,(H,22,23). The van der Waals surface area contributed by atoms with Crippen molar-refractivity contribution in [3.8, 4) is 0 Å². The van der Waals surface area contributed by atoms with Crippen LogP contribution in [0.1, 0.15) is 22.8 Å². The fourth-order valence-corrected chi connectivity index (χ4v) is 2.61. The number of benzene rings is 2. The van der Waals surface area contributed by atoms with Crippen molar-refractivity contribution in [1.82, 2.24) is 4.90 Å². The van der Waals surface area contributed by atoms with Gasteiger partial charge < -0.3 is 10.0 Å². The van der Waals surface area contributed by atoms with Crippen LogP contribution in [-0.4, -0.2) is 27.9 Å². The summed E-state index contributed by atoms with van der Waals surface area (Å²) in [5.74, 6) is -1.54. The molecule has 1 atom stereocenters. The van der Waals surface area contributed by atoms with Crippen LogP contribution in [0.2, 0.25) is 10.0 Å². The number of carbonyl (C=O) groups excluding carboxylic acids is 1. The molecule has 0 fully saturated rings. The van der Waals surface area contributed by atoms with Crippen molar-refractivity contribution in [2.45, 2.75) is 19.5 Å². The number of rotatable bonds is 5. The molecular formula is C17H15Cl2NO3. The van der Waals surface area contributed by atoms with Gasteiger partial charge in [0.25, 0.3) is 5.91 Å². The lowest BCUT2D eigenvalue weighted by Gasteiger charge is -2.27. The van der Waals surface area contributed by atoms with Crippen LogP contribution >= 0.6 is 23.2 Å². The molecule has 1 N–H and O–H groups in total. The number of carboxylic acids is 1. The Morgan fingerprint density at radius 3 is 2.35 bits per heavy atom. The molecule has 0 spiro atoms. The molecular weight excluding hydrogens is 337 g/mol. The lowest BCUT2D eigenvalue weighted by atomic mass is 10.1. The maximum absolute atomic E-state index is 12.8. The van der Waals surface area contributed by atoms with E-state index in [1.165, 1.54) is 24.0 Å². The highest BCUT2D eigenvalue weighted by atomic mass is 35.5. The van der Waals surface area contributed by atoms with Gasteiger partial charge in [-0.2, -0.15) is 0 Å². The number of amides is 1. The monoisotopic (exact) mass is 351 g/mol. The highest BCUT2D eigenvalue weighted by Crippen LogP contribution is 2.24. The van der Waals surface area contributed by atoms with E-state index in [1.807, 2.05) is 30.3 Å². The van der Waals surface area contributed by atoms with E-state index in [-0.39, 0.29) is 17.1 Å². The van der Waals surface area contributed by atoms with Gasteiger partial charge in [0, 0.05) is 11.6 Å². The summed E-state index contributed by atoms with van der Waals surface area (Å²) in [7, 11) is 0. The predicted molar refractivity (Wildman–Crippen MR) is 89.9 cm³/mol. The predicted octanol–water partition coefficient (Wildman–Crippen LogP) is 4.11. The van der Waals surface area contributed by atoms with Gasteiger partial charge in [-0.15, -0.1) is 0 Å². The topological polar surface area (TPSA) is 57.6 Å². The van der Waals surface area contributed by atoms with Gasteiger partial charge in [-0.1, -0.05) is 53.5 Å². The summed E-state index contributed by atoms with van der Waals surface area (Å²) < 4.78 is 0. The summed E-state index contributed by atoms with van der Waals surface area (Å²) in [5.41, 5.74) is 1.05. The third kappa shape index (κ3) is 4.24. The molecule has 0 bridgehead atoms. The number of halogens is 2. The first-order valence-corrected chi connectivity index (χ1v) is 7.68. The Balaban J connectivity index is 2.36. The minimum atomic E-state index is -1.08. The Kier molecular flexibility index (Phi) is 5.64. The van der Waals surface area contributed by atoms with Gasteiger partial charge in [0.1, 0.15) is 6.04 Å². The van der Waals surface area contributed by atoms with Gasteiger partial charge >= 0.3 is 5.97 Å². The first-order chi connectivity index (χ1) is 10.9. The SMILES string of the molecule is CC(C(=O)O)N(Cc1ccccc1)C(=O)c1ccc(Cl)cc1Cl. The molecule has 0 aliphatic carbocycles. The Morgan fingerprint density at radius 1 is 1.13 bits per heavy atom. The maximum atomic E-state index is 12.8. The molecule has 0 saturated carbocycles. The van der Waals surface area contributed by atoms with Gasteiger partial charge in [0.15, 0.2) is 0 Å². The Labute approximate surface area is 144 Å². The largest absolute Gasteiger partial charge is 0.480 e. The van der Waals surface area contributed by atoms with Crippen molar-refractivity contribution < 1.29 is 14.7 Å². The highest BCUT2D eigenvalue weighted by molar-refractivity contribution is 6.36. The minimum Gasteiger partial charge on any atom is -0.480 e. The quantitative estimate of drug-likeness (QED) is 0.881. The third-order valence-corrected chi connectivity index (χ3v) is 3.99. The minimum absolute atomic E-state index is 0.173. The number of hydrogen-bond acceptors (Lipinski definition) is 2. The zero-order chi connectivity index (χ0) is 17.0. The van der Waals surface area contributed by atoms with Crippen molar-refractivity contribution in [1.29, 1.82) is 0 Å². The molecule has 23 heavy (non-hydrogen) atoms. The molecule has 2 rings (SSSR count). The van der Waals surface area contributed by atoms with Crippen LogP contribution in [0.4, 0.5) is 0 Å². The van der Waals surface area contributed by atoms with Crippen LogP contribution in [0.5, 0.6) is 0 Å². The van der Waals surface area contributed by atoms with Crippen molar-refractivity contribution >= 4 is 35.1 Å². The average molecular weight is 352 g/mol. The van der Waals surface area contributed by atoms with E-state index in [4.69, 9.17) is 23.2 Å². The van der Waals surface area contributed by atoms with Crippen molar-refractivity contribution in [3.05, 3.63) is 69.7 Å². The molecule has 1 unspecified atom stereocenters. The van der Waals surface area contributed by atoms with Gasteiger partial charge in [0.05, 0.1) is 10.6 Å². The molecule has 2 aromatic rings. The summed E-state index contributed by atoms with van der Waals surface area (Å²) in [5, 5.41) is 9.89. The van der Waals surface area contributed by atoms with Crippen LogP contribution in [0.25, 0.3) is 0 Å². The van der Waals surface area contributed by atoms with Crippen molar-refractivity contribution in [2.75, 3.05) is 0 Å². The second-order valence-corrected chi connectivity index (χ2v) is 5.90. The molecule has 0 aliphatic heterocycles. The second kappa shape index (κ2) is 7.49. The van der Waals surface area contributed by atoms with E-state index < -0.39 is 17.9 Å². The summed E-state index contributed by atoms with van der Waals surface area (Å²) in [6.07, 6.45) is 0. The number of aliphatic carboxylic acids is 1. The Morgan fingerprint density at radius 2 is 1.78 bits per heavy atom. The van der Waals surface area contributed by atoms with Gasteiger partial charge in [-0.3, -0.25) is 4.79 Å². The fourth-order valence-electron chi connectivity index (χ4n) is 2.12. The summed E-state index contributed by atoms with van der Waals surface area (Å²) >= 11 is 11.9. The van der Waals surface area contributed by atoms with Crippen LogP contribution in [0, 0.1) is 0 Å². The first kappa shape index (κ1) is 17.3. The molecule has 0 heterocycles. The fraction of sp³-hybridized carbons (Fsp3) is 0.176. The van der Waals surface area contributed by atoms with Gasteiger partial charge in [0.2, 0.25) is 0 Å². The summed E-state index contributed by atoms with van der Waals surface area (Å²) in [6.45, 7) is 1.64. The van der Waals surface area contributed by atoms with E-state index in [9.17, 15) is 14.7 Å². The highest BCUT2D eigenvalue weighted by Gasteiger charge is 2.27. The number of hydrogen-bond donors (Lipinski definition) is 1. The second-order valence-electron chi connectivity index (χ2n) is 5.06. The van der Waals surface area contributed by atoms with Crippen molar-refractivity contribution in [3.63, 3.8) is 0 Å². The van der Waals surface area contributed by atoms with E-state index in [2.05, 4.69) is 0 Å². The normalized spacial score (nSPS) is 11.8. The molecule has 4 nitrogen and oxygen atoms in total. The molecule has 6 heteroatoms. The average Bonchev–Trinajstić information content (AvgIpc) is 2.52. The van der Waals surface area contributed by atoms with Crippen LogP contribution in [0.3, 0.4) is 0 Å². The Bertz CT molecular complexity index is 719. The molecule has 120 valence electrons. The number of carboxylic acid groups (broad SMARTS) is 1. The molecule has 1 amide bonds. The first-order valence-electron chi connectivity index (χ1n) is 6.93. The van der Waals surface area contributed by atoms with Gasteiger partial charge in [-0.25, -0.2) is 4.79 Å². The lowest BCUT2D eigenvalue weighted by molar-refractivity contribution is -0.141. The van der Waals surface area contributed by atoms with Crippen LogP contribution in [0.15, 0.2) is 48.5 Å². The van der Waals surface area contributed by atoms with E-state index in [1.54, 1.807) is 6.07 Å². The zero-order valence-corrected chi connectivity index (χ0v) is 13.9. The maximum Gasteiger partial charge on any atom is 0.326 e. The molecule has 0 aliphatic rings. The summed E-state index contributed by atoms with van der Waals surface area (Å²) in [6, 6.07) is 12.7. The van der Waals surface area contributed by atoms with Crippen LogP contribution in [-0.2, 0) is 11.3 Å². The molecule has 2 aromatic carbocycles. The number of carbonyl (C=O) groups is 2. The zero-order valence-electron chi connectivity index (χ0n) is 12.4. The van der Waals surface area contributed by atoms with E-state index in [0.717, 1.165) is 5.56 Å². The summed E-state index contributed by atoms with van der Waals surface area (Å²) in [4.78, 5) is 25.4.